The van der Waals surface area contributed by atoms with Gasteiger partial charge in [-0.05, 0) is 48.9 Å². The molecule has 0 atom stereocenters. The van der Waals surface area contributed by atoms with Crippen molar-refractivity contribution in [2.75, 3.05) is 13.6 Å². The van der Waals surface area contributed by atoms with Crippen LogP contribution in [0.15, 0.2) is 60.9 Å². The van der Waals surface area contributed by atoms with Gasteiger partial charge in [-0.3, -0.25) is 4.79 Å². The van der Waals surface area contributed by atoms with Crippen LogP contribution in [0.5, 0.6) is 11.6 Å². The van der Waals surface area contributed by atoms with Crippen molar-refractivity contribution in [2.24, 2.45) is 0 Å². The lowest BCUT2D eigenvalue weighted by molar-refractivity contribution is 0.0793. The lowest BCUT2D eigenvalue weighted by atomic mass is 10.1. The fourth-order valence-electron chi connectivity index (χ4n) is 2.70. The van der Waals surface area contributed by atoms with E-state index in [0.29, 0.717) is 29.4 Å². The number of aromatic nitrogens is 2. The quantitative estimate of drug-likeness (QED) is 0.583. The Morgan fingerprint density at radius 3 is 2.64 bits per heavy atom. The Kier molecular flexibility index (Phi) is 6.32. The molecule has 5 nitrogen and oxygen atoms in total. The molecule has 3 rings (SSSR count). The van der Waals surface area contributed by atoms with Crippen molar-refractivity contribution in [1.29, 1.82) is 0 Å². The van der Waals surface area contributed by atoms with Gasteiger partial charge in [0.15, 0.2) is 0 Å². The number of halogens is 1. The third-order valence-corrected chi connectivity index (χ3v) is 4.28. The summed E-state index contributed by atoms with van der Waals surface area (Å²) < 4.78 is 18.9. The minimum Gasteiger partial charge on any atom is -0.439 e. The zero-order chi connectivity index (χ0) is 19.9. The highest BCUT2D eigenvalue weighted by molar-refractivity contribution is 5.94. The Bertz CT molecular complexity index is 945. The average Bonchev–Trinajstić information content (AvgIpc) is 2.72. The Morgan fingerprint density at radius 2 is 1.89 bits per heavy atom. The van der Waals surface area contributed by atoms with E-state index in [2.05, 4.69) is 16.9 Å². The maximum absolute atomic E-state index is 13.1. The third kappa shape index (κ3) is 4.91. The van der Waals surface area contributed by atoms with Crippen molar-refractivity contribution in [3.8, 4) is 22.9 Å². The van der Waals surface area contributed by atoms with Crippen LogP contribution in [0.1, 0.15) is 30.1 Å². The number of carbonyl (C=O) groups is 1. The first-order valence-electron chi connectivity index (χ1n) is 9.18. The van der Waals surface area contributed by atoms with Crippen molar-refractivity contribution < 1.29 is 13.9 Å². The minimum atomic E-state index is -0.306. The van der Waals surface area contributed by atoms with Crippen LogP contribution < -0.4 is 4.74 Å². The molecule has 28 heavy (non-hydrogen) atoms. The van der Waals surface area contributed by atoms with E-state index >= 15 is 0 Å². The predicted octanol–water partition coefficient (Wildman–Crippen LogP) is 4.95. The molecule has 0 N–H and O–H groups in total. The van der Waals surface area contributed by atoms with Crippen LogP contribution in [0.3, 0.4) is 0 Å². The van der Waals surface area contributed by atoms with Gasteiger partial charge in [0.05, 0.1) is 5.69 Å². The largest absolute Gasteiger partial charge is 0.439 e. The second-order valence-corrected chi connectivity index (χ2v) is 6.46. The molecule has 1 heterocycles. The lowest BCUT2D eigenvalue weighted by Crippen LogP contribution is -2.27. The Balaban J connectivity index is 1.76. The van der Waals surface area contributed by atoms with Crippen LogP contribution in [0.2, 0.25) is 0 Å². The molecule has 144 valence electrons. The van der Waals surface area contributed by atoms with E-state index in [9.17, 15) is 9.18 Å². The number of rotatable bonds is 7. The molecular formula is C22H22FN3O2. The van der Waals surface area contributed by atoms with Crippen molar-refractivity contribution >= 4 is 5.91 Å². The van der Waals surface area contributed by atoms with E-state index in [1.54, 1.807) is 54.4 Å². The zero-order valence-electron chi connectivity index (χ0n) is 15.9. The molecule has 6 heteroatoms. The second kappa shape index (κ2) is 9.08. The Morgan fingerprint density at radius 1 is 1.11 bits per heavy atom. The second-order valence-electron chi connectivity index (χ2n) is 6.46. The van der Waals surface area contributed by atoms with Gasteiger partial charge in [0.1, 0.15) is 17.9 Å². The molecule has 0 bridgehead atoms. The standard InChI is InChI=1S/C22H22FN3O2/c1-3-4-12-26(2)22(27)17-6-5-7-19(13-17)28-21-14-20(24-15-25-21)16-8-10-18(23)11-9-16/h5-11,13-15H,3-4,12H2,1-2H3. The highest BCUT2D eigenvalue weighted by Gasteiger charge is 2.12. The van der Waals surface area contributed by atoms with Gasteiger partial charge in [-0.2, -0.15) is 0 Å². The number of ether oxygens (including phenoxy) is 1. The summed E-state index contributed by atoms with van der Waals surface area (Å²) in [4.78, 5) is 22.6. The molecule has 3 aromatic rings. The van der Waals surface area contributed by atoms with Crippen LogP contribution in [0.25, 0.3) is 11.3 Å². The maximum Gasteiger partial charge on any atom is 0.253 e. The van der Waals surface area contributed by atoms with Crippen molar-refractivity contribution in [3.63, 3.8) is 0 Å². The molecule has 2 aromatic carbocycles. The number of hydrogen-bond donors (Lipinski definition) is 0. The number of hydrogen-bond acceptors (Lipinski definition) is 4. The number of benzene rings is 2. The molecule has 0 spiro atoms. The van der Waals surface area contributed by atoms with E-state index in [1.807, 2.05) is 0 Å². The van der Waals surface area contributed by atoms with Crippen LogP contribution in [-0.4, -0.2) is 34.4 Å². The van der Waals surface area contributed by atoms with Gasteiger partial charge < -0.3 is 9.64 Å². The molecule has 0 aliphatic heterocycles. The predicted molar refractivity (Wildman–Crippen MR) is 106 cm³/mol. The number of amides is 1. The van der Waals surface area contributed by atoms with Gasteiger partial charge in [0, 0.05) is 30.8 Å². The summed E-state index contributed by atoms with van der Waals surface area (Å²) in [5.74, 6) is 0.505. The van der Waals surface area contributed by atoms with E-state index in [-0.39, 0.29) is 11.7 Å². The molecule has 0 saturated heterocycles. The SMILES string of the molecule is CCCCN(C)C(=O)c1cccc(Oc2cc(-c3ccc(F)cc3)ncn2)c1. The van der Waals surface area contributed by atoms with E-state index in [1.165, 1.54) is 18.5 Å². The van der Waals surface area contributed by atoms with Crippen LogP contribution in [0, 0.1) is 5.82 Å². The van der Waals surface area contributed by atoms with E-state index in [0.717, 1.165) is 18.4 Å². The van der Waals surface area contributed by atoms with Gasteiger partial charge in [0.25, 0.3) is 5.91 Å². The third-order valence-electron chi connectivity index (χ3n) is 4.28. The molecule has 1 amide bonds. The van der Waals surface area contributed by atoms with Gasteiger partial charge in [-0.1, -0.05) is 19.4 Å². The first kappa shape index (κ1) is 19.5. The normalized spacial score (nSPS) is 10.5. The summed E-state index contributed by atoms with van der Waals surface area (Å²) in [7, 11) is 1.80. The molecule has 0 radical (unpaired) electrons. The molecule has 0 fully saturated rings. The number of carbonyl (C=O) groups excluding carboxylic acids is 1. The Hall–Kier alpha value is -3.28. The first-order valence-corrected chi connectivity index (χ1v) is 9.18. The topological polar surface area (TPSA) is 55.3 Å². The lowest BCUT2D eigenvalue weighted by Gasteiger charge is -2.17. The van der Waals surface area contributed by atoms with Gasteiger partial charge in [-0.15, -0.1) is 0 Å². The van der Waals surface area contributed by atoms with Gasteiger partial charge in [0.2, 0.25) is 5.88 Å². The van der Waals surface area contributed by atoms with Crippen LogP contribution in [0.4, 0.5) is 4.39 Å². The van der Waals surface area contributed by atoms with Crippen LogP contribution in [-0.2, 0) is 0 Å². The fourth-order valence-corrected chi connectivity index (χ4v) is 2.70. The van der Waals surface area contributed by atoms with Crippen molar-refractivity contribution in [1.82, 2.24) is 14.9 Å². The van der Waals surface area contributed by atoms with Crippen molar-refractivity contribution in [2.45, 2.75) is 19.8 Å². The summed E-state index contributed by atoms with van der Waals surface area (Å²) in [5, 5.41) is 0. The molecule has 1 aromatic heterocycles. The highest BCUT2D eigenvalue weighted by atomic mass is 19.1. The van der Waals surface area contributed by atoms with Crippen LogP contribution >= 0.6 is 0 Å². The monoisotopic (exact) mass is 379 g/mol. The minimum absolute atomic E-state index is 0.0476. The summed E-state index contributed by atoms with van der Waals surface area (Å²) in [6, 6.07) is 14.7. The number of nitrogens with zero attached hydrogens (tertiary/aromatic N) is 3. The summed E-state index contributed by atoms with van der Waals surface area (Å²) in [6.07, 6.45) is 3.39. The molecule has 0 aliphatic rings. The summed E-state index contributed by atoms with van der Waals surface area (Å²) >= 11 is 0. The fraction of sp³-hybridized carbons (Fsp3) is 0.227. The average molecular weight is 379 g/mol. The van der Waals surface area contributed by atoms with Crippen molar-refractivity contribution in [3.05, 3.63) is 72.3 Å². The molecular weight excluding hydrogens is 357 g/mol. The summed E-state index contributed by atoms with van der Waals surface area (Å²) in [5.41, 5.74) is 1.94. The highest BCUT2D eigenvalue weighted by Crippen LogP contribution is 2.25. The zero-order valence-corrected chi connectivity index (χ0v) is 15.9. The first-order chi connectivity index (χ1) is 13.6. The van der Waals surface area contributed by atoms with E-state index in [4.69, 9.17) is 4.74 Å². The molecule has 0 saturated carbocycles. The smallest absolute Gasteiger partial charge is 0.253 e. The Labute approximate surface area is 163 Å². The molecule has 0 aliphatic carbocycles. The summed E-state index contributed by atoms with van der Waals surface area (Å²) in [6.45, 7) is 2.81. The maximum atomic E-state index is 13.1. The number of unbranched alkanes of at least 4 members (excludes halogenated alkanes) is 1. The van der Waals surface area contributed by atoms with Gasteiger partial charge >= 0.3 is 0 Å². The molecule has 0 unspecified atom stereocenters. The van der Waals surface area contributed by atoms with E-state index < -0.39 is 0 Å². The van der Waals surface area contributed by atoms with Gasteiger partial charge in [-0.25, -0.2) is 14.4 Å².